The van der Waals surface area contributed by atoms with Crippen LogP contribution in [0.3, 0.4) is 0 Å². The van der Waals surface area contributed by atoms with Gasteiger partial charge in [-0.3, -0.25) is 9.79 Å². The second-order valence-electron chi connectivity index (χ2n) is 5.50. The fourth-order valence-electron chi connectivity index (χ4n) is 2.52. The van der Waals surface area contributed by atoms with Crippen molar-refractivity contribution in [3.8, 4) is 0 Å². The van der Waals surface area contributed by atoms with Gasteiger partial charge in [0.05, 0.1) is 6.54 Å². The maximum absolute atomic E-state index is 12.6. The molecule has 0 aromatic heterocycles. The molecular formula is C19H21BrN2OS. The average Bonchev–Trinajstić information content (AvgIpc) is 2.63. The lowest BCUT2D eigenvalue weighted by Gasteiger charge is -2.27. The van der Waals surface area contributed by atoms with Gasteiger partial charge in [0, 0.05) is 24.4 Å². The van der Waals surface area contributed by atoms with Crippen LogP contribution in [-0.2, 0) is 6.54 Å². The van der Waals surface area contributed by atoms with Crippen molar-refractivity contribution in [2.75, 3.05) is 18.8 Å². The number of hydrogen-bond acceptors (Lipinski definition) is 4. The van der Waals surface area contributed by atoms with Crippen LogP contribution in [0.15, 0.2) is 65.7 Å². The van der Waals surface area contributed by atoms with E-state index in [2.05, 4.69) is 22.0 Å². The van der Waals surface area contributed by atoms with Crippen LogP contribution in [0.25, 0.3) is 0 Å². The summed E-state index contributed by atoms with van der Waals surface area (Å²) in [5, 5.41) is 0.990. The molecule has 24 heavy (non-hydrogen) atoms. The third-order valence-electron chi connectivity index (χ3n) is 3.70. The van der Waals surface area contributed by atoms with Gasteiger partial charge in [-0.05, 0) is 12.0 Å². The first-order valence-corrected chi connectivity index (χ1v) is 8.86. The summed E-state index contributed by atoms with van der Waals surface area (Å²) in [7, 11) is 0. The van der Waals surface area contributed by atoms with Crippen molar-refractivity contribution >= 4 is 39.7 Å². The van der Waals surface area contributed by atoms with Gasteiger partial charge >= 0.3 is 0 Å². The number of Topliss-reactive ketones (excluding diaryl/α,β-unsaturated/α-hetero) is 1. The Morgan fingerprint density at radius 2 is 1.71 bits per heavy atom. The van der Waals surface area contributed by atoms with Gasteiger partial charge in [-0.15, -0.1) is 17.0 Å². The number of rotatable bonds is 5. The summed E-state index contributed by atoms with van der Waals surface area (Å²) in [6.45, 7) is 1.93. The van der Waals surface area contributed by atoms with Gasteiger partial charge in [-0.1, -0.05) is 72.4 Å². The number of hydrogen-bond donors (Lipinski definition) is 0. The Kier molecular flexibility index (Phi) is 7.53. The SMILES string of the molecule is Br.O=C(CN(Cc1ccccc1)C1=NCCCS1)c1ccccc1. The fourth-order valence-corrected chi connectivity index (χ4v) is 3.47. The van der Waals surface area contributed by atoms with E-state index in [0.717, 1.165) is 29.4 Å². The Morgan fingerprint density at radius 3 is 2.33 bits per heavy atom. The Hall–Kier alpha value is -1.59. The monoisotopic (exact) mass is 404 g/mol. The van der Waals surface area contributed by atoms with Crippen LogP contribution < -0.4 is 0 Å². The molecule has 5 heteroatoms. The summed E-state index contributed by atoms with van der Waals surface area (Å²) in [4.78, 5) is 19.3. The van der Waals surface area contributed by atoms with Crippen LogP contribution in [0.5, 0.6) is 0 Å². The lowest BCUT2D eigenvalue weighted by atomic mass is 10.1. The third-order valence-corrected chi connectivity index (χ3v) is 4.84. The number of aliphatic imine (C=N–C) groups is 1. The van der Waals surface area contributed by atoms with Gasteiger partial charge in [0.25, 0.3) is 0 Å². The van der Waals surface area contributed by atoms with E-state index in [-0.39, 0.29) is 22.8 Å². The highest BCUT2D eigenvalue weighted by atomic mass is 79.9. The zero-order valence-electron chi connectivity index (χ0n) is 13.4. The Morgan fingerprint density at radius 1 is 1.04 bits per heavy atom. The molecule has 0 radical (unpaired) electrons. The summed E-state index contributed by atoms with van der Waals surface area (Å²) in [6.07, 6.45) is 1.11. The van der Waals surface area contributed by atoms with Gasteiger partial charge < -0.3 is 4.90 Å². The Balaban J connectivity index is 0.00000208. The lowest BCUT2D eigenvalue weighted by Crippen LogP contribution is -2.35. The topological polar surface area (TPSA) is 32.7 Å². The Bertz CT molecular complexity index is 676. The van der Waals surface area contributed by atoms with Crippen molar-refractivity contribution < 1.29 is 4.79 Å². The maximum atomic E-state index is 12.6. The molecule has 0 atom stereocenters. The van der Waals surface area contributed by atoms with Crippen LogP contribution in [-0.4, -0.2) is 34.7 Å². The summed E-state index contributed by atoms with van der Waals surface area (Å²) >= 11 is 1.75. The third kappa shape index (κ3) is 5.21. The van der Waals surface area contributed by atoms with E-state index < -0.39 is 0 Å². The molecule has 3 rings (SSSR count). The molecule has 2 aromatic rings. The van der Waals surface area contributed by atoms with E-state index in [4.69, 9.17) is 0 Å². The van der Waals surface area contributed by atoms with Crippen molar-refractivity contribution in [1.82, 2.24) is 4.90 Å². The number of ketones is 1. The summed E-state index contributed by atoms with van der Waals surface area (Å²) in [6, 6.07) is 19.7. The maximum Gasteiger partial charge on any atom is 0.182 e. The molecule has 0 unspecified atom stereocenters. The number of carbonyl (C=O) groups is 1. The normalized spacial score (nSPS) is 13.6. The van der Waals surface area contributed by atoms with Crippen LogP contribution in [0.1, 0.15) is 22.3 Å². The highest BCUT2D eigenvalue weighted by Gasteiger charge is 2.19. The summed E-state index contributed by atoms with van der Waals surface area (Å²) < 4.78 is 0. The minimum absolute atomic E-state index is 0. The number of benzene rings is 2. The number of thioether (sulfide) groups is 1. The van der Waals surface area contributed by atoms with Gasteiger partial charge in [0.15, 0.2) is 11.0 Å². The largest absolute Gasteiger partial charge is 0.339 e. The number of nitrogens with zero attached hydrogens (tertiary/aromatic N) is 2. The smallest absolute Gasteiger partial charge is 0.182 e. The predicted octanol–water partition coefficient (Wildman–Crippen LogP) is 4.44. The van der Waals surface area contributed by atoms with E-state index in [1.54, 1.807) is 11.8 Å². The van der Waals surface area contributed by atoms with Gasteiger partial charge in [-0.2, -0.15) is 0 Å². The highest BCUT2D eigenvalue weighted by molar-refractivity contribution is 8.93. The van der Waals surface area contributed by atoms with E-state index in [1.165, 1.54) is 5.56 Å². The van der Waals surface area contributed by atoms with E-state index >= 15 is 0 Å². The molecule has 1 aliphatic rings. The second-order valence-corrected chi connectivity index (χ2v) is 6.56. The Labute approximate surface area is 157 Å². The molecule has 0 aliphatic carbocycles. The first kappa shape index (κ1) is 18.7. The standard InChI is InChI=1S/C19H20N2OS.BrH/c22-18(17-10-5-2-6-11-17)15-21(19-20-12-7-13-23-19)14-16-8-3-1-4-9-16;/h1-6,8-11H,7,12-15H2;1H. The molecule has 1 aliphatic heterocycles. The fraction of sp³-hybridized carbons (Fsp3) is 0.263. The number of carbonyl (C=O) groups excluding carboxylic acids is 1. The minimum atomic E-state index is 0. The molecule has 0 N–H and O–H groups in total. The lowest BCUT2D eigenvalue weighted by molar-refractivity contribution is 0.0962. The summed E-state index contributed by atoms with van der Waals surface area (Å²) in [5.41, 5.74) is 1.95. The van der Waals surface area contributed by atoms with Gasteiger partial charge in [0.2, 0.25) is 0 Å². The molecule has 126 valence electrons. The highest BCUT2D eigenvalue weighted by Crippen LogP contribution is 2.19. The zero-order valence-corrected chi connectivity index (χ0v) is 16.0. The molecule has 1 heterocycles. The summed E-state index contributed by atoms with van der Waals surface area (Å²) in [5.74, 6) is 1.21. The molecule has 3 nitrogen and oxygen atoms in total. The van der Waals surface area contributed by atoms with E-state index in [9.17, 15) is 4.79 Å². The van der Waals surface area contributed by atoms with Gasteiger partial charge in [0.1, 0.15) is 0 Å². The molecule has 0 bridgehead atoms. The average molecular weight is 405 g/mol. The molecule has 0 amide bonds. The zero-order chi connectivity index (χ0) is 15.9. The molecular weight excluding hydrogens is 384 g/mol. The number of halogens is 1. The molecule has 0 saturated carbocycles. The molecule has 0 fully saturated rings. The van der Waals surface area contributed by atoms with Crippen molar-refractivity contribution in [3.63, 3.8) is 0 Å². The van der Waals surface area contributed by atoms with Crippen molar-refractivity contribution in [2.45, 2.75) is 13.0 Å². The molecule has 0 saturated heterocycles. The number of amidine groups is 1. The van der Waals surface area contributed by atoms with Gasteiger partial charge in [-0.25, -0.2) is 0 Å². The van der Waals surface area contributed by atoms with Crippen LogP contribution in [0.2, 0.25) is 0 Å². The van der Waals surface area contributed by atoms with Crippen molar-refractivity contribution in [2.24, 2.45) is 4.99 Å². The minimum Gasteiger partial charge on any atom is -0.339 e. The van der Waals surface area contributed by atoms with Crippen molar-refractivity contribution in [3.05, 3.63) is 71.8 Å². The second kappa shape index (κ2) is 9.64. The van der Waals surface area contributed by atoms with E-state index in [1.807, 2.05) is 48.5 Å². The van der Waals surface area contributed by atoms with Crippen LogP contribution in [0, 0.1) is 0 Å². The first-order chi connectivity index (χ1) is 11.3. The first-order valence-electron chi connectivity index (χ1n) is 7.87. The quantitative estimate of drug-likeness (QED) is 0.690. The van der Waals surface area contributed by atoms with E-state index in [0.29, 0.717) is 13.1 Å². The molecule has 2 aromatic carbocycles. The van der Waals surface area contributed by atoms with Crippen molar-refractivity contribution in [1.29, 1.82) is 0 Å². The molecule has 0 spiro atoms. The predicted molar refractivity (Wildman–Crippen MR) is 107 cm³/mol. The van der Waals surface area contributed by atoms with Crippen LogP contribution in [0.4, 0.5) is 0 Å². The van der Waals surface area contributed by atoms with Crippen LogP contribution >= 0.6 is 28.7 Å².